The Balaban J connectivity index is 3.54. The molecule has 0 aliphatic heterocycles. The molecule has 0 aliphatic rings. The van der Waals surface area contributed by atoms with E-state index in [-0.39, 0.29) is 0 Å². The van der Waals surface area contributed by atoms with Gasteiger partial charge in [0.05, 0.1) is 20.1 Å². The second kappa shape index (κ2) is 2.01. The molecule has 0 aromatic rings. The molecule has 0 aromatic heterocycles. The van der Waals surface area contributed by atoms with Crippen molar-refractivity contribution >= 4 is 11.8 Å². The zero-order valence-electron chi connectivity index (χ0n) is 5.40. The predicted octanol–water partition coefficient (Wildman–Crippen LogP) is 1.62. The van der Waals surface area contributed by atoms with Crippen molar-refractivity contribution in [3.05, 3.63) is 0 Å². The molecule has 0 saturated heterocycles. The summed E-state index contributed by atoms with van der Waals surface area (Å²) in [5, 5.41) is 0. The van der Waals surface area contributed by atoms with Gasteiger partial charge in [0, 0.05) is 0 Å². The maximum atomic E-state index is 5.81. The third-order valence-corrected chi connectivity index (χ3v) is 1.62. The van der Waals surface area contributed by atoms with Gasteiger partial charge in [-0.25, -0.2) is 4.00 Å². The van der Waals surface area contributed by atoms with Crippen molar-refractivity contribution in [2.24, 2.45) is 0 Å². The molecule has 0 N–H and O–H groups in total. The predicted molar refractivity (Wildman–Crippen MR) is 33.1 cm³/mol. The lowest BCUT2D eigenvalue weighted by molar-refractivity contribution is -0.795. The van der Waals surface area contributed by atoms with Crippen LogP contribution in [-0.2, 0) is 0 Å². The summed E-state index contributed by atoms with van der Waals surface area (Å²) in [4.78, 5) is 0. The lowest BCUT2D eigenvalue weighted by Crippen LogP contribution is -2.35. The van der Waals surface area contributed by atoms with Gasteiger partial charge in [-0.3, -0.25) is 0 Å². The molecule has 1 nitrogen and oxygen atoms in total. The quantitative estimate of drug-likeness (QED) is 0.464. The van der Waals surface area contributed by atoms with Crippen molar-refractivity contribution in [2.75, 3.05) is 14.1 Å². The van der Waals surface area contributed by atoms with E-state index in [1.54, 1.807) is 0 Å². The van der Waals surface area contributed by atoms with Crippen LogP contribution in [0.4, 0.5) is 0 Å². The van der Waals surface area contributed by atoms with Crippen LogP contribution in [0.2, 0.25) is 0 Å². The highest BCUT2D eigenvalue weighted by Gasteiger charge is 2.15. The van der Waals surface area contributed by atoms with E-state index in [1.165, 1.54) is 0 Å². The van der Waals surface area contributed by atoms with Gasteiger partial charge in [0.15, 0.2) is 11.8 Å². The molecule has 0 rings (SSSR count). The van der Waals surface area contributed by atoms with Gasteiger partial charge >= 0.3 is 0 Å². The highest BCUT2D eigenvalue weighted by atomic mass is 35.5. The molecule has 0 unspecified atom stereocenters. The molecule has 0 spiro atoms. The van der Waals surface area contributed by atoms with Gasteiger partial charge in [0.1, 0.15) is 0 Å². The largest absolute Gasteiger partial charge is 0.225 e. The first kappa shape index (κ1) is 7.25. The van der Waals surface area contributed by atoms with Crippen molar-refractivity contribution in [1.29, 1.82) is 0 Å². The van der Waals surface area contributed by atoms with Gasteiger partial charge in [-0.05, 0) is 13.8 Å². The first-order chi connectivity index (χ1) is 2.94. The Morgan fingerprint density at radius 1 is 1.29 bits per heavy atom. The van der Waals surface area contributed by atoms with Crippen LogP contribution in [0.3, 0.4) is 0 Å². The Morgan fingerprint density at radius 2 is 1.43 bits per heavy atom. The molecule has 0 radical (unpaired) electrons. The van der Waals surface area contributed by atoms with Crippen LogP contribution in [0.1, 0.15) is 13.8 Å². The summed E-state index contributed by atoms with van der Waals surface area (Å²) in [6.45, 7) is 4.18. The van der Waals surface area contributed by atoms with Gasteiger partial charge in [0.25, 0.3) is 0 Å². The minimum atomic E-state index is 0.502. The molecule has 0 aliphatic carbocycles. The lowest BCUT2D eigenvalue weighted by atomic mass is 10.4. The average Bonchev–Trinajstić information content (AvgIpc) is 1.31. The average molecular weight is 123 g/mol. The fourth-order valence-corrected chi connectivity index (χ4v) is 0. The van der Waals surface area contributed by atoms with E-state index in [2.05, 4.69) is 13.8 Å². The van der Waals surface area contributed by atoms with Crippen molar-refractivity contribution in [3.63, 3.8) is 0 Å². The van der Waals surface area contributed by atoms with Crippen LogP contribution in [0.15, 0.2) is 0 Å². The first-order valence-corrected chi connectivity index (χ1v) is 2.81. The third kappa shape index (κ3) is 2.89. The summed E-state index contributed by atoms with van der Waals surface area (Å²) in [5.74, 6) is 0. The molecular weight excluding hydrogens is 110 g/mol. The van der Waals surface area contributed by atoms with E-state index in [9.17, 15) is 0 Å². The normalized spacial score (nSPS) is 12.9. The maximum Gasteiger partial charge on any atom is 0.165 e. The fraction of sp³-hybridized carbons (Fsp3) is 1.00. The van der Waals surface area contributed by atoms with Gasteiger partial charge in [0.2, 0.25) is 0 Å². The first-order valence-electron chi connectivity index (χ1n) is 2.48. The summed E-state index contributed by atoms with van der Waals surface area (Å²) >= 11 is 5.81. The summed E-state index contributed by atoms with van der Waals surface area (Å²) < 4.78 is 0.528. The SMILES string of the molecule is CC(C)[N+](C)(C)Cl. The number of rotatable bonds is 1. The molecule has 0 heterocycles. The molecule has 0 fully saturated rings. The van der Waals surface area contributed by atoms with Crippen LogP contribution in [0.25, 0.3) is 0 Å². The molecule has 0 saturated carbocycles. The van der Waals surface area contributed by atoms with Crippen molar-refractivity contribution in [2.45, 2.75) is 19.9 Å². The van der Waals surface area contributed by atoms with E-state index < -0.39 is 0 Å². The van der Waals surface area contributed by atoms with Crippen LogP contribution in [-0.4, -0.2) is 24.1 Å². The topological polar surface area (TPSA) is 0 Å². The second-order valence-electron chi connectivity index (χ2n) is 2.49. The standard InChI is InChI=1S/C5H13ClN/c1-5(2)7(3,4)6/h5H,1-4H3/q+1. The van der Waals surface area contributed by atoms with Gasteiger partial charge in [-0.15, -0.1) is 0 Å². The monoisotopic (exact) mass is 122 g/mol. The number of quaternary nitrogens is 1. The van der Waals surface area contributed by atoms with Crippen molar-refractivity contribution in [1.82, 2.24) is 0 Å². The number of halogens is 1. The van der Waals surface area contributed by atoms with E-state index in [0.717, 1.165) is 0 Å². The van der Waals surface area contributed by atoms with E-state index >= 15 is 0 Å². The summed E-state index contributed by atoms with van der Waals surface area (Å²) in [6, 6.07) is 0.502. The molecule has 0 atom stereocenters. The van der Waals surface area contributed by atoms with Crippen molar-refractivity contribution < 1.29 is 4.00 Å². The second-order valence-corrected chi connectivity index (χ2v) is 3.36. The number of hydrogen-bond acceptors (Lipinski definition) is 0. The Hall–Kier alpha value is 0.250. The van der Waals surface area contributed by atoms with Crippen LogP contribution < -0.4 is 0 Å². The zero-order chi connectivity index (χ0) is 6.08. The molecule has 0 aromatic carbocycles. The Kier molecular flexibility index (Phi) is 2.09. The Bertz CT molecular complexity index is 53.6. The summed E-state index contributed by atoms with van der Waals surface area (Å²) in [5.41, 5.74) is 0. The fourth-order valence-electron chi connectivity index (χ4n) is 0. The Morgan fingerprint density at radius 3 is 1.43 bits per heavy atom. The van der Waals surface area contributed by atoms with E-state index in [1.807, 2.05) is 14.1 Å². The molecule has 0 bridgehead atoms. The highest BCUT2D eigenvalue weighted by molar-refractivity contribution is 6.06. The van der Waals surface area contributed by atoms with Gasteiger partial charge in [-0.2, -0.15) is 0 Å². The summed E-state index contributed by atoms with van der Waals surface area (Å²) in [7, 11) is 3.93. The van der Waals surface area contributed by atoms with E-state index in [4.69, 9.17) is 11.8 Å². The molecule has 7 heavy (non-hydrogen) atoms. The number of nitrogens with zero attached hydrogens (tertiary/aromatic N) is 1. The Labute approximate surface area is 50.6 Å². The van der Waals surface area contributed by atoms with Gasteiger partial charge in [-0.1, -0.05) is 0 Å². The van der Waals surface area contributed by atoms with Gasteiger partial charge < -0.3 is 0 Å². The smallest absolute Gasteiger partial charge is 0.165 e. The molecule has 0 amide bonds. The third-order valence-electron chi connectivity index (χ3n) is 1.23. The lowest BCUT2D eigenvalue weighted by Gasteiger charge is -2.22. The molecular formula is C5H13ClN+. The van der Waals surface area contributed by atoms with Crippen molar-refractivity contribution in [3.8, 4) is 0 Å². The van der Waals surface area contributed by atoms with E-state index in [0.29, 0.717) is 10.0 Å². The maximum absolute atomic E-state index is 5.81. The number of hydrogen-bond donors (Lipinski definition) is 0. The highest BCUT2D eigenvalue weighted by Crippen LogP contribution is 2.07. The molecule has 2 heteroatoms. The minimum Gasteiger partial charge on any atom is -0.225 e. The van der Waals surface area contributed by atoms with Crippen LogP contribution >= 0.6 is 11.8 Å². The van der Waals surface area contributed by atoms with Crippen LogP contribution in [0, 0.1) is 0 Å². The zero-order valence-corrected chi connectivity index (χ0v) is 6.16. The van der Waals surface area contributed by atoms with Crippen LogP contribution in [0.5, 0.6) is 0 Å². The summed E-state index contributed by atoms with van der Waals surface area (Å²) in [6.07, 6.45) is 0. The minimum absolute atomic E-state index is 0.502. The molecule has 44 valence electrons.